The van der Waals surface area contributed by atoms with Crippen LogP contribution in [0.4, 0.5) is 0 Å². The van der Waals surface area contributed by atoms with Gasteiger partial charge in [0.25, 0.3) is 0 Å². The lowest BCUT2D eigenvalue weighted by Crippen LogP contribution is -1.89. The second-order valence-corrected chi connectivity index (χ2v) is 6.85. The maximum absolute atomic E-state index is 2.33. The van der Waals surface area contributed by atoms with Crippen LogP contribution in [0.25, 0.3) is 20.9 Å². The largest absolute Gasteiger partial charge is 0.144 e. The van der Waals surface area contributed by atoms with E-state index in [4.69, 9.17) is 0 Å². The molecule has 0 amide bonds. The first-order chi connectivity index (χ1) is 9.24. The molecule has 0 atom stereocenters. The number of benzene rings is 1. The highest BCUT2D eigenvalue weighted by molar-refractivity contribution is 7.14. The summed E-state index contributed by atoms with van der Waals surface area (Å²) in [6, 6.07) is 15.6. The fourth-order valence-corrected chi connectivity index (χ4v) is 3.58. The van der Waals surface area contributed by atoms with Crippen molar-refractivity contribution in [3.05, 3.63) is 58.8 Å². The minimum absolute atomic E-state index is 0.554. The molecule has 2 aromatic heterocycles. The Hall–Kier alpha value is -1.38. The van der Waals surface area contributed by atoms with E-state index in [9.17, 15) is 0 Å². The molecule has 0 radical (unpaired) electrons. The third-order valence-corrected chi connectivity index (χ3v) is 5.07. The summed E-state index contributed by atoms with van der Waals surface area (Å²) < 4.78 is 0. The second-order valence-electron chi connectivity index (χ2n) is 4.95. The molecule has 2 heteroatoms. The highest BCUT2D eigenvalue weighted by Gasteiger charge is 2.08. The van der Waals surface area contributed by atoms with Crippen molar-refractivity contribution >= 4 is 22.7 Å². The smallest absolute Gasteiger partial charge is 0.0343 e. The Morgan fingerprint density at radius 3 is 1.68 bits per heavy atom. The summed E-state index contributed by atoms with van der Waals surface area (Å²) in [4.78, 5) is 2.70. The molecule has 0 fully saturated rings. The molecule has 3 rings (SSSR count). The van der Waals surface area contributed by atoms with E-state index in [1.54, 1.807) is 22.7 Å². The standard InChI is InChI=1S/C17H16S2/c1-12(2)13-9-14(16-5-3-7-18-16)11-15(10-13)17-6-4-8-19-17/h3-12H,1-2H3. The summed E-state index contributed by atoms with van der Waals surface area (Å²) in [5.41, 5.74) is 4.09. The van der Waals surface area contributed by atoms with Crippen LogP contribution in [0.1, 0.15) is 25.3 Å². The van der Waals surface area contributed by atoms with Gasteiger partial charge in [0.15, 0.2) is 0 Å². The molecular formula is C17H16S2. The van der Waals surface area contributed by atoms with Crippen LogP contribution in [-0.2, 0) is 0 Å². The van der Waals surface area contributed by atoms with Crippen LogP contribution < -0.4 is 0 Å². The zero-order valence-electron chi connectivity index (χ0n) is 11.1. The molecule has 0 aliphatic carbocycles. The second kappa shape index (κ2) is 5.32. The average Bonchev–Trinajstić information content (AvgIpc) is 3.11. The normalized spacial score (nSPS) is 11.1. The van der Waals surface area contributed by atoms with Crippen LogP contribution in [0.2, 0.25) is 0 Å². The third kappa shape index (κ3) is 2.65. The Labute approximate surface area is 122 Å². The SMILES string of the molecule is CC(C)c1cc(-c2cccs2)cc(-c2cccs2)c1. The van der Waals surface area contributed by atoms with E-state index < -0.39 is 0 Å². The van der Waals surface area contributed by atoms with Crippen LogP contribution in [0.15, 0.2) is 53.2 Å². The van der Waals surface area contributed by atoms with Gasteiger partial charge in [-0.2, -0.15) is 0 Å². The van der Waals surface area contributed by atoms with Crippen molar-refractivity contribution in [1.82, 2.24) is 0 Å². The van der Waals surface area contributed by atoms with Crippen molar-refractivity contribution in [2.45, 2.75) is 19.8 Å². The van der Waals surface area contributed by atoms with Gasteiger partial charge in [-0.05, 0) is 51.6 Å². The van der Waals surface area contributed by atoms with Crippen molar-refractivity contribution in [3.8, 4) is 20.9 Å². The molecule has 19 heavy (non-hydrogen) atoms. The Morgan fingerprint density at radius 1 is 0.789 bits per heavy atom. The molecule has 0 unspecified atom stereocenters. The lowest BCUT2D eigenvalue weighted by atomic mass is 9.96. The van der Waals surface area contributed by atoms with Crippen LogP contribution in [-0.4, -0.2) is 0 Å². The number of rotatable bonds is 3. The fraction of sp³-hybridized carbons (Fsp3) is 0.176. The Kier molecular flexibility index (Phi) is 3.54. The van der Waals surface area contributed by atoms with Crippen molar-refractivity contribution in [2.24, 2.45) is 0 Å². The first kappa shape index (κ1) is 12.6. The Balaban J connectivity index is 2.15. The number of hydrogen-bond donors (Lipinski definition) is 0. The van der Waals surface area contributed by atoms with Crippen LogP contribution >= 0.6 is 22.7 Å². The van der Waals surface area contributed by atoms with Crippen LogP contribution in [0.3, 0.4) is 0 Å². The molecule has 0 spiro atoms. The van der Waals surface area contributed by atoms with Crippen molar-refractivity contribution < 1.29 is 0 Å². The first-order valence-electron chi connectivity index (χ1n) is 6.47. The molecule has 0 saturated heterocycles. The highest BCUT2D eigenvalue weighted by Crippen LogP contribution is 2.34. The van der Waals surface area contributed by atoms with Crippen molar-refractivity contribution in [2.75, 3.05) is 0 Å². The molecule has 96 valence electrons. The van der Waals surface area contributed by atoms with Gasteiger partial charge in [0.2, 0.25) is 0 Å². The molecule has 0 nitrogen and oxygen atoms in total. The fourth-order valence-electron chi connectivity index (χ4n) is 2.16. The third-order valence-electron chi connectivity index (χ3n) is 3.23. The van der Waals surface area contributed by atoms with Gasteiger partial charge in [-0.25, -0.2) is 0 Å². The molecule has 0 aliphatic heterocycles. The average molecular weight is 284 g/mol. The first-order valence-corrected chi connectivity index (χ1v) is 8.23. The van der Waals surface area contributed by atoms with Gasteiger partial charge in [-0.3, -0.25) is 0 Å². The quantitative estimate of drug-likeness (QED) is 0.532. The molecule has 0 saturated carbocycles. The van der Waals surface area contributed by atoms with Crippen LogP contribution in [0.5, 0.6) is 0 Å². The zero-order valence-corrected chi connectivity index (χ0v) is 12.7. The maximum atomic E-state index is 2.33. The van der Waals surface area contributed by atoms with E-state index in [0.29, 0.717) is 5.92 Å². The predicted molar refractivity (Wildman–Crippen MR) is 87.2 cm³/mol. The van der Waals surface area contributed by atoms with Gasteiger partial charge in [0, 0.05) is 9.75 Å². The van der Waals surface area contributed by atoms with Gasteiger partial charge < -0.3 is 0 Å². The summed E-state index contributed by atoms with van der Waals surface area (Å²) in [5.74, 6) is 0.554. The van der Waals surface area contributed by atoms with Crippen LogP contribution in [0, 0.1) is 0 Å². The molecule has 2 heterocycles. The molecule has 0 N–H and O–H groups in total. The Morgan fingerprint density at radius 2 is 1.32 bits per heavy atom. The van der Waals surface area contributed by atoms with Gasteiger partial charge in [-0.1, -0.05) is 38.1 Å². The van der Waals surface area contributed by atoms with Crippen molar-refractivity contribution in [1.29, 1.82) is 0 Å². The molecule has 3 aromatic rings. The molecule has 1 aromatic carbocycles. The highest BCUT2D eigenvalue weighted by atomic mass is 32.1. The number of thiophene rings is 2. The molecular weight excluding hydrogens is 268 g/mol. The lowest BCUT2D eigenvalue weighted by Gasteiger charge is -2.11. The van der Waals surface area contributed by atoms with E-state index in [1.165, 1.54) is 26.4 Å². The van der Waals surface area contributed by atoms with E-state index >= 15 is 0 Å². The van der Waals surface area contributed by atoms with E-state index in [0.717, 1.165) is 0 Å². The van der Waals surface area contributed by atoms with Gasteiger partial charge in [-0.15, -0.1) is 22.7 Å². The van der Waals surface area contributed by atoms with E-state index in [2.05, 4.69) is 67.1 Å². The molecule has 0 aliphatic rings. The summed E-state index contributed by atoms with van der Waals surface area (Å²) in [7, 11) is 0. The summed E-state index contributed by atoms with van der Waals surface area (Å²) in [5, 5.41) is 4.28. The Bertz CT molecular complexity index is 594. The molecule has 0 bridgehead atoms. The predicted octanol–water partition coefficient (Wildman–Crippen LogP) is 6.27. The minimum Gasteiger partial charge on any atom is -0.144 e. The van der Waals surface area contributed by atoms with E-state index in [-0.39, 0.29) is 0 Å². The summed E-state index contributed by atoms with van der Waals surface area (Å²) in [6.45, 7) is 4.51. The lowest BCUT2D eigenvalue weighted by molar-refractivity contribution is 0.868. The number of hydrogen-bond acceptors (Lipinski definition) is 2. The van der Waals surface area contributed by atoms with Gasteiger partial charge >= 0.3 is 0 Å². The van der Waals surface area contributed by atoms with E-state index in [1.807, 2.05) is 0 Å². The minimum atomic E-state index is 0.554. The van der Waals surface area contributed by atoms with Gasteiger partial charge in [0.05, 0.1) is 0 Å². The zero-order chi connectivity index (χ0) is 13.2. The van der Waals surface area contributed by atoms with Gasteiger partial charge in [0.1, 0.15) is 0 Å². The summed E-state index contributed by atoms with van der Waals surface area (Å²) >= 11 is 3.61. The van der Waals surface area contributed by atoms with Crippen molar-refractivity contribution in [3.63, 3.8) is 0 Å². The monoisotopic (exact) mass is 284 g/mol. The topological polar surface area (TPSA) is 0 Å². The summed E-state index contributed by atoms with van der Waals surface area (Å²) in [6.07, 6.45) is 0. The maximum Gasteiger partial charge on any atom is 0.0343 e.